The molecule has 0 radical (unpaired) electrons. The van der Waals surface area contributed by atoms with E-state index in [0.717, 1.165) is 17.9 Å². The zero-order valence-corrected chi connectivity index (χ0v) is 13.2. The number of aliphatic hydroxyl groups is 1. The predicted octanol–water partition coefficient (Wildman–Crippen LogP) is 2.80. The summed E-state index contributed by atoms with van der Waals surface area (Å²) >= 11 is 0. The van der Waals surface area contributed by atoms with Crippen LogP contribution in [-0.2, 0) is 6.54 Å². The normalized spacial score (nSPS) is 22.5. The summed E-state index contributed by atoms with van der Waals surface area (Å²) in [5.41, 5.74) is 2.10. The summed E-state index contributed by atoms with van der Waals surface area (Å²) in [7, 11) is 1.71. The number of benzene rings is 1. The molecule has 0 spiro atoms. The molecule has 2 atom stereocenters. The Bertz CT molecular complexity index is 520. The van der Waals surface area contributed by atoms with Gasteiger partial charge >= 0.3 is 0 Å². The number of likely N-dealkylation sites (tertiary alicyclic amines) is 1. The standard InChI is InChI=1S/C18H25NO2/c1-14-6-4-7-15(2)19(14)13-17-12-16(8-5-11-20)9-10-18(17)21-3/h9-10,12,14-15,20H,4,6-7,11,13H2,1-3H3/t14-,15+. The average Bonchev–Trinajstić information content (AvgIpc) is 2.49. The summed E-state index contributed by atoms with van der Waals surface area (Å²) in [4.78, 5) is 2.55. The van der Waals surface area contributed by atoms with E-state index in [1.165, 1.54) is 24.8 Å². The van der Waals surface area contributed by atoms with E-state index >= 15 is 0 Å². The average molecular weight is 287 g/mol. The van der Waals surface area contributed by atoms with E-state index in [0.29, 0.717) is 12.1 Å². The van der Waals surface area contributed by atoms with Crippen LogP contribution in [0.15, 0.2) is 18.2 Å². The van der Waals surface area contributed by atoms with Crippen molar-refractivity contribution in [1.29, 1.82) is 0 Å². The summed E-state index contributed by atoms with van der Waals surface area (Å²) < 4.78 is 5.49. The first kappa shape index (κ1) is 15.9. The molecule has 1 N–H and O–H groups in total. The van der Waals surface area contributed by atoms with Crippen LogP contribution in [0, 0.1) is 11.8 Å². The zero-order valence-electron chi connectivity index (χ0n) is 13.2. The summed E-state index contributed by atoms with van der Waals surface area (Å²) in [5, 5.41) is 8.82. The highest BCUT2D eigenvalue weighted by molar-refractivity contribution is 5.44. The molecule has 2 rings (SSSR count). The molecule has 0 aliphatic carbocycles. The summed E-state index contributed by atoms with van der Waals surface area (Å²) in [6, 6.07) is 7.19. The van der Waals surface area contributed by atoms with Gasteiger partial charge in [-0.1, -0.05) is 18.3 Å². The van der Waals surface area contributed by atoms with Crippen LogP contribution in [0.3, 0.4) is 0 Å². The van der Waals surface area contributed by atoms with Gasteiger partial charge in [0.1, 0.15) is 12.4 Å². The van der Waals surface area contributed by atoms with Crippen molar-refractivity contribution >= 4 is 0 Å². The highest BCUT2D eigenvalue weighted by atomic mass is 16.5. The number of hydrogen-bond donors (Lipinski definition) is 1. The van der Waals surface area contributed by atoms with E-state index in [2.05, 4.69) is 36.7 Å². The van der Waals surface area contributed by atoms with Gasteiger partial charge in [0.25, 0.3) is 0 Å². The number of piperidine rings is 1. The largest absolute Gasteiger partial charge is 0.496 e. The van der Waals surface area contributed by atoms with Gasteiger partial charge in [0.2, 0.25) is 0 Å². The molecule has 1 aliphatic rings. The van der Waals surface area contributed by atoms with Crippen molar-refractivity contribution in [2.75, 3.05) is 13.7 Å². The van der Waals surface area contributed by atoms with Gasteiger partial charge in [0, 0.05) is 29.8 Å². The van der Waals surface area contributed by atoms with Gasteiger partial charge in [-0.05, 0) is 44.9 Å². The van der Waals surface area contributed by atoms with Gasteiger partial charge in [0.15, 0.2) is 0 Å². The number of aliphatic hydroxyl groups excluding tert-OH is 1. The first-order valence-electron chi connectivity index (χ1n) is 7.68. The Hall–Kier alpha value is -1.50. The maximum atomic E-state index is 8.82. The Morgan fingerprint density at radius 1 is 1.29 bits per heavy atom. The van der Waals surface area contributed by atoms with Crippen LogP contribution in [0.1, 0.15) is 44.2 Å². The van der Waals surface area contributed by atoms with Crippen LogP contribution in [0.5, 0.6) is 5.75 Å². The van der Waals surface area contributed by atoms with E-state index in [4.69, 9.17) is 9.84 Å². The van der Waals surface area contributed by atoms with E-state index in [1.54, 1.807) is 7.11 Å². The van der Waals surface area contributed by atoms with Crippen LogP contribution in [-0.4, -0.2) is 35.8 Å². The molecule has 0 amide bonds. The van der Waals surface area contributed by atoms with Crippen molar-refractivity contribution in [3.63, 3.8) is 0 Å². The lowest BCUT2D eigenvalue weighted by Crippen LogP contribution is -2.43. The molecule has 1 saturated heterocycles. The summed E-state index contributed by atoms with van der Waals surface area (Å²) in [6.07, 6.45) is 3.84. The molecule has 114 valence electrons. The lowest BCUT2D eigenvalue weighted by Gasteiger charge is -2.39. The lowest BCUT2D eigenvalue weighted by atomic mass is 9.96. The van der Waals surface area contributed by atoms with Crippen molar-refractivity contribution in [1.82, 2.24) is 4.90 Å². The molecule has 3 heteroatoms. The van der Waals surface area contributed by atoms with Crippen LogP contribution >= 0.6 is 0 Å². The molecule has 1 aromatic rings. The SMILES string of the molecule is COc1ccc(C#CCO)cc1CN1[C@H](C)CCC[C@@H]1C. The second kappa shape index (κ2) is 7.49. The smallest absolute Gasteiger partial charge is 0.123 e. The Balaban J connectivity index is 2.24. The highest BCUT2D eigenvalue weighted by Crippen LogP contribution is 2.28. The van der Waals surface area contributed by atoms with Crippen molar-refractivity contribution in [3.05, 3.63) is 29.3 Å². The molecule has 0 saturated carbocycles. The summed E-state index contributed by atoms with van der Waals surface area (Å²) in [6.45, 7) is 5.39. The Morgan fingerprint density at radius 3 is 2.62 bits per heavy atom. The zero-order chi connectivity index (χ0) is 15.2. The minimum atomic E-state index is -0.110. The van der Waals surface area contributed by atoms with E-state index < -0.39 is 0 Å². The van der Waals surface area contributed by atoms with Crippen molar-refractivity contribution in [2.45, 2.75) is 51.7 Å². The minimum absolute atomic E-state index is 0.110. The molecular formula is C18H25NO2. The molecule has 0 aromatic heterocycles. The first-order valence-corrected chi connectivity index (χ1v) is 7.68. The molecule has 1 heterocycles. The number of ether oxygens (including phenoxy) is 1. The van der Waals surface area contributed by atoms with Gasteiger partial charge in [-0.2, -0.15) is 0 Å². The van der Waals surface area contributed by atoms with Crippen molar-refractivity contribution < 1.29 is 9.84 Å². The maximum absolute atomic E-state index is 8.82. The van der Waals surface area contributed by atoms with E-state index in [-0.39, 0.29) is 6.61 Å². The molecular weight excluding hydrogens is 262 g/mol. The quantitative estimate of drug-likeness (QED) is 0.868. The Morgan fingerprint density at radius 2 is 2.00 bits per heavy atom. The molecule has 21 heavy (non-hydrogen) atoms. The fourth-order valence-corrected chi connectivity index (χ4v) is 3.10. The summed E-state index contributed by atoms with van der Waals surface area (Å²) in [5.74, 6) is 6.58. The fraction of sp³-hybridized carbons (Fsp3) is 0.556. The van der Waals surface area contributed by atoms with Gasteiger partial charge < -0.3 is 9.84 Å². The molecule has 3 nitrogen and oxygen atoms in total. The van der Waals surface area contributed by atoms with E-state index in [9.17, 15) is 0 Å². The van der Waals surface area contributed by atoms with Crippen LogP contribution in [0.4, 0.5) is 0 Å². The maximum Gasteiger partial charge on any atom is 0.123 e. The number of nitrogens with zero attached hydrogens (tertiary/aromatic N) is 1. The van der Waals surface area contributed by atoms with Crippen LogP contribution in [0.25, 0.3) is 0 Å². The third kappa shape index (κ3) is 4.00. The van der Waals surface area contributed by atoms with Crippen LogP contribution < -0.4 is 4.74 Å². The monoisotopic (exact) mass is 287 g/mol. The van der Waals surface area contributed by atoms with Gasteiger partial charge in [-0.15, -0.1) is 0 Å². The third-order valence-electron chi connectivity index (χ3n) is 4.32. The first-order chi connectivity index (χ1) is 10.2. The highest BCUT2D eigenvalue weighted by Gasteiger charge is 2.25. The van der Waals surface area contributed by atoms with Crippen molar-refractivity contribution in [2.24, 2.45) is 0 Å². The second-order valence-electron chi connectivity index (χ2n) is 5.79. The van der Waals surface area contributed by atoms with Gasteiger partial charge in [-0.25, -0.2) is 0 Å². The van der Waals surface area contributed by atoms with Gasteiger partial charge in [-0.3, -0.25) is 4.90 Å². The molecule has 1 aromatic carbocycles. The lowest BCUT2D eigenvalue weighted by molar-refractivity contribution is 0.0943. The minimum Gasteiger partial charge on any atom is -0.496 e. The van der Waals surface area contributed by atoms with Crippen molar-refractivity contribution in [3.8, 4) is 17.6 Å². The third-order valence-corrected chi connectivity index (χ3v) is 4.32. The van der Waals surface area contributed by atoms with E-state index in [1.807, 2.05) is 12.1 Å². The topological polar surface area (TPSA) is 32.7 Å². The number of rotatable bonds is 3. The predicted molar refractivity (Wildman–Crippen MR) is 85.3 cm³/mol. The van der Waals surface area contributed by atoms with Gasteiger partial charge in [0.05, 0.1) is 7.11 Å². The fourth-order valence-electron chi connectivity index (χ4n) is 3.10. The number of hydrogen-bond acceptors (Lipinski definition) is 3. The Kier molecular flexibility index (Phi) is 5.67. The number of methoxy groups -OCH3 is 1. The van der Waals surface area contributed by atoms with Crippen LogP contribution in [0.2, 0.25) is 0 Å². The Labute approximate surface area is 127 Å². The molecule has 0 bridgehead atoms. The molecule has 0 unspecified atom stereocenters. The molecule has 1 aliphatic heterocycles. The molecule has 1 fully saturated rings. The second-order valence-corrected chi connectivity index (χ2v) is 5.79.